The molecule has 0 saturated carbocycles. The Kier molecular flexibility index (Phi) is 4.47. The summed E-state index contributed by atoms with van der Waals surface area (Å²) in [6, 6.07) is 12.1. The lowest BCUT2D eigenvalue weighted by Crippen LogP contribution is -2.33. The fraction of sp³-hybridized carbons (Fsp3) is 0.222. The van der Waals surface area contributed by atoms with Crippen LogP contribution in [-0.2, 0) is 13.6 Å². The normalized spacial score (nSPS) is 10.7. The van der Waals surface area contributed by atoms with Crippen LogP contribution in [0.15, 0.2) is 51.8 Å². The van der Waals surface area contributed by atoms with E-state index in [1.165, 1.54) is 19.2 Å². The van der Waals surface area contributed by atoms with Crippen LogP contribution in [0.3, 0.4) is 0 Å². The van der Waals surface area contributed by atoms with Crippen molar-refractivity contribution in [3.05, 3.63) is 75.5 Å². The average molecular weight is 338 g/mol. The highest BCUT2D eigenvalue weighted by Crippen LogP contribution is 2.22. The van der Waals surface area contributed by atoms with Gasteiger partial charge in [-0.25, -0.2) is 4.68 Å². The molecule has 2 aromatic heterocycles. The number of carbonyl (C=O) groups is 1. The standard InChI is InChI=1S/C18H18N4O3/c1-12-15(13(2)25-20-12)11-22(14-7-5-4-6-8-14)18(24)16-9-10-17(23)21(3)19-16/h4-10H,11H2,1-3H3. The molecule has 3 aromatic rings. The van der Waals surface area contributed by atoms with Crippen molar-refractivity contribution >= 4 is 11.6 Å². The van der Waals surface area contributed by atoms with E-state index in [0.717, 1.165) is 21.6 Å². The molecule has 2 heterocycles. The summed E-state index contributed by atoms with van der Waals surface area (Å²) in [5.41, 5.74) is 2.23. The molecule has 7 nitrogen and oxygen atoms in total. The Hall–Kier alpha value is -3.22. The molecule has 3 rings (SSSR count). The molecule has 0 spiro atoms. The molecule has 0 N–H and O–H groups in total. The van der Waals surface area contributed by atoms with Crippen LogP contribution in [0, 0.1) is 13.8 Å². The Morgan fingerprint density at radius 2 is 1.88 bits per heavy atom. The van der Waals surface area contributed by atoms with Gasteiger partial charge in [0.25, 0.3) is 11.5 Å². The summed E-state index contributed by atoms with van der Waals surface area (Å²) in [6.07, 6.45) is 0. The van der Waals surface area contributed by atoms with Gasteiger partial charge in [0.15, 0.2) is 0 Å². The molecular weight excluding hydrogens is 320 g/mol. The fourth-order valence-electron chi connectivity index (χ4n) is 2.53. The van der Waals surface area contributed by atoms with Crippen molar-refractivity contribution in [2.24, 2.45) is 7.05 Å². The average Bonchev–Trinajstić information content (AvgIpc) is 2.93. The number of carbonyl (C=O) groups excluding carboxylic acids is 1. The summed E-state index contributed by atoms with van der Waals surface area (Å²) in [4.78, 5) is 26.2. The quantitative estimate of drug-likeness (QED) is 0.729. The molecule has 0 aliphatic heterocycles. The van der Waals surface area contributed by atoms with Crippen LogP contribution in [-0.4, -0.2) is 20.8 Å². The number of anilines is 1. The van der Waals surface area contributed by atoms with E-state index in [1.807, 2.05) is 44.2 Å². The molecule has 128 valence electrons. The van der Waals surface area contributed by atoms with E-state index < -0.39 is 0 Å². The van der Waals surface area contributed by atoms with Gasteiger partial charge < -0.3 is 9.42 Å². The molecule has 0 unspecified atom stereocenters. The maximum Gasteiger partial charge on any atom is 0.279 e. The molecular formula is C18H18N4O3. The molecule has 0 atom stereocenters. The van der Waals surface area contributed by atoms with E-state index >= 15 is 0 Å². The lowest BCUT2D eigenvalue weighted by Gasteiger charge is -2.22. The largest absolute Gasteiger partial charge is 0.361 e. The monoisotopic (exact) mass is 338 g/mol. The number of para-hydroxylation sites is 1. The van der Waals surface area contributed by atoms with Crippen LogP contribution in [0.25, 0.3) is 0 Å². The van der Waals surface area contributed by atoms with Gasteiger partial charge in [0.2, 0.25) is 0 Å². The first-order chi connectivity index (χ1) is 12.0. The van der Waals surface area contributed by atoms with Gasteiger partial charge in [-0.05, 0) is 32.0 Å². The van der Waals surface area contributed by atoms with E-state index in [4.69, 9.17) is 4.52 Å². The van der Waals surface area contributed by atoms with Gasteiger partial charge in [0.05, 0.1) is 12.2 Å². The van der Waals surface area contributed by atoms with Crippen molar-refractivity contribution < 1.29 is 9.32 Å². The summed E-state index contributed by atoms with van der Waals surface area (Å²) >= 11 is 0. The van der Waals surface area contributed by atoms with Crippen LogP contribution in [0.4, 0.5) is 5.69 Å². The SMILES string of the molecule is Cc1noc(C)c1CN(C(=O)c1ccc(=O)n(C)n1)c1ccccc1. The highest BCUT2D eigenvalue weighted by atomic mass is 16.5. The van der Waals surface area contributed by atoms with Gasteiger partial charge in [-0.2, -0.15) is 5.10 Å². The van der Waals surface area contributed by atoms with Crippen LogP contribution in [0.1, 0.15) is 27.5 Å². The van der Waals surface area contributed by atoms with Crippen molar-refractivity contribution in [1.82, 2.24) is 14.9 Å². The van der Waals surface area contributed by atoms with Crippen molar-refractivity contribution in [2.75, 3.05) is 4.90 Å². The summed E-state index contributed by atoms with van der Waals surface area (Å²) in [5.74, 6) is 0.362. The molecule has 7 heteroatoms. The van der Waals surface area contributed by atoms with Crippen LogP contribution < -0.4 is 10.5 Å². The second-order valence-electron chi connectivity index (χ2n) is 5.71. The molecule has 0 radical (unpaired) electrons. The van der Waals surface area contributed by atoms with Crippen LogP contribution >= 0.6 is 0 Å². The highest BCUT2D eigenvalue weighted by molar-refractivity contribution is 6.04. The van der Waals surface area contributed by atoms with Gasteiger partial charge in [-0.1, -0.05) is 23.4 Å². The minimum absolute atomic E-state index is 0.192. The zero-order valence-electron chi connectivity index (χ0n) is 14.3. The van der Waals surface area contributed by atoms with Crippen molar-refractivity contribution in [3.63, 3.8) is 0 Å². The third-order valence-electron chi connectivity index (χ3n) is 3.99. The molecule has 0 bridgehead atoms. The number of hydrogen-bond acceptors (Lipinski definition) is 5. The van der Waals surface area contributed by atoms with Gasteiger partial charge in [0.1, 0.15) is 11.5 Å². The first kappa shape index (κ1) is 16.6. The van der Waals surface area contributed by atoms with Gasteiger partial charge in [-0.15, -0.1) is 0 Å². The van der Waals surface area contributed by atoms with Crippen LogP contribution in [0.2, 0.25) is 0 Å². The number of rotatable bonds is 4. The molecule has 0 saturated heterocycles. The molecule has 0 aliphatic carbocycles. The first-order valence-electron chi connectivity index (χ1n) is 7.80. The smallest absolute Gasteiger partial charge is 0.279 e. The zero-order chi connectivity index (χ0) is 18.0. The van der Waals surface area contributed by atoms with E-state index in [2.05, 4.69) is 10.3 Å². The molecule has 1 aromatic carbocycles. The maximum atomic E-state index is 13.1. The van der Waals surface area contributed by atoms with Crippen molar-refractivity contribution in [1.29, 1.82) is 0 Å². The predicted molar refractivity (Wildman–Crippen MR) is 92.4 cm³/mol. The highest BCUT2D eigenvalue weighted by Gasteiger charge is 2.23. The topological polar surface area (TPSA) is 81.2 Å². The molecule has 0 aliphatic rings. The van der Waals surface area contributed by atoms with Crippen LogP contribution in [0.5, 0.6) is 0 Å². The van der Waals surface area contributed by atoms with E-state index in [1.54, 1.807) is 4.90 Å². The maximum absolute atomic E-state index is 13.1. The lowest BCUT2D eigenvalue weighted by atomic mass is 10.1. The number of aryl methyl sites for hydroxylation is 3. The Morgan fingerprint density at radius 3 is 2.48 bits per heavy atom. The number of amides is 1. The lowest BCUT2D eigenvalue weighted by molar-refractivity contribution is 0.0978. The Balaban J connectivity index is 2.03. The summed E-state index contributed by atoms with van der Waals surface area (Å²) < 4.78 is 6.35. The molecule has 25 heavy (non-hydrogen) atoms. The Labute approximate surface area is 144 Å². The number of nitrogens with zero attached hydrogens (tertiary/aromatic N) is 4. The van der Waals surface area contributed by atoms with E-state index in [0.29, 0.717) is 12.3 Å². The van der Waals surface area contributed by atoms with Gasteiger partial charge in [0, 0.05) is 24.4 Å². The minimum Gasteiger partial charge on any atom is -0.361 e. The molecule has 1 amide bonds. The van der Waals surface area contributed by atoms with Crippen molar-refractivity contribution in [3.8, 4) is 0 Å². The second kappa shape index (κ2) is 6.72. The fourth-order valence-corrected chi connectivity index (χ4v) is 2.53. The Morgan fingerprint density at radius 1 is 1.16 bits per heavy atom. The first-order valence-corrected chi connectivity index (χ1v) is 7.80. The minimum atomic E-state index is -0.304. The third-order valence-corrected chi connectivity index (χ3v) is 3.99. The summed E-state index contributed by atoms with van der Waals surface area (Å²) in [5, 5.41) is 8.01. The zero-order valence-corrected chi connectivity index (χ0v) is 14.3. The molecule has 0 fully saturated rings. The van der Waals surface area contributed by atoms with E-state index in [9.17, 15) is 9.59 Å². The summed E-state index contributed by atoms with van der Waals surface area (Å²) in [6.45, 7) is 3.95. The van der Waals surface area contributed by atoms with Gasteiger partial charge in [-0.3, -0.25) is 9.59 Å². The number of hydrogen-bond donors (Lipinski definition) is 0. The number of benzene rings is 1. The Bertz CT molecular complexity index is 940. The third kappa shape index (κ3) is 3.35. The van der Waals surface area contributed by atoms with Gasteiger partial charge >= 0.3 is 0 Å². The van der Waals surface area contributed by atoms with E-state index in [-0.39, 0.29) is 17.2 Å². The summed E-state index contributed by atoms with van der Waals surface area (Å²) in [7, 11) is 1.51. The second-order valence-corrected chi connectivity index (χ2v) is 5.71. The predicted octanol–water partition coefficient (Wildman–Crippen LogP) is 2.23. The number of aromatic nitrogens is 3. The van der Waals surface area contributed by atoms with Crippen molar-refractivity contribution in [2.45, 2.75) is 20.4 Å².